The molecule has 1 atom stereocenters. The SMILES string of the molecule is CCOC(=O)C(CC)Cc1ccccc1O. The normalized spacial score (nSPS) is 12.1. The van der Waals surface area contributed by atoms with E-state index in [0.29, 0.717) is 19.4 Å². The van der Waals surface area contributed by atoms with Crippen molar-refractivity contribution in [3.8, 4) is 5.75 Å². The van der Waals surface area contributed by atoms with Crippen molar-refractivity contribution in [2.24, 2.45) is 5.92 Å². The highest BCUT2D eigenvalue weighted by molar-refractivity contribution is 5.72. The van der Waals surface area contributed by atoms with Gasteiger partial charge in [-0.1, -0.05) is 25.1 Å². The molecular weight excluding hydrogens is 204 g/mol. The molecule has 3 nitrogen and oxygen atoms in total. The van der Waals surface area contributed by atoms with Gasteiger partial charge >= 0.3 is 5.97 Å². The summed E-state index contributed by atoms with van der Waals surface area (Å²) >= 11 is 0. The second kappa shape index (κ2) is 6.16. The van der Waals surface area contributed by atoms with E-state index in [2.05, 4.69) is 0 Å². The summed E-state index contributed by atoms with van der Waals surface area (Å²) in [5.41, 5.74) is 0.794. The smallest absolute Gasteiger partial charge is 0.309 e. The maximum atomic E-state index is 11.6. The Morgan fingerprint density at radius 3 is 2.62 bits per heavy atom. The Morgan fingerprint density at radius 2 is 2.06 bits per heavy atom. The van der Waals surface area contributed by atoms with Crippen molar-refractivity contribution in [3.63, 3.8) is 0 Å². The molecule has 1 aromatic rings. The summed E-state index contributed by atoms with van der Waals surface area (Å²) in [7, 11) is 0. The van der Waals surface area contributed by atoms with E-state index in [1.54, 1.807) is 19.1 Å². The van der Waals surface area contributed by atoms with Crippen LogP contribution in [0.3, 0.4) is 0 Å². The van der Waals surface area contributed by atoms with Crippen LogP contribution < -0.4 is 0 Å². The zero-order valence-electron chi connectivity index (χ0n) is 9.77. The molecule has 1 aromatic carbocycles. The minimum atomic E-state index is -0.187. The van der Waals surface area contributed by atoms with E-state index in [1.165, 1.54) is 0 Å². The molecule has 0 aliphatic rings. The lowest BCUT2D eigenvalue weighted by Gasteiger charge is -2.14. The molecule has 3 heteroatoms. The number of hydrogen-bond donors (Lipinski definition) is 1. The van der Waals surface area contributed by atoms with E-state index in [9.17, 15) is 9.90 Å². The first-order chi connectivity index (χ1) is 7.69. The maximum Gasteiger partial charge on any atom is 0.309 e. The predicted molar refractivity (Wildman–Crippen MR) is 62.2 cm³/mol. The van der Waals surface area contributed by atoms with Crippen molar-refractivity contribution in [2.75, 3.05) is 6.61 Å². The van der Waals surface area contributed by atoms with Gasteiger partial charge in [0.2, 0.25) is 0 Å². The number of para-hydroxylation sites is 1. The number of phenols is 1. The summed E-state index contributed by atoms with van der Waals surface area (Å²) in [6.45, 7) is 4.14. The largest absolute Gasteiger partial charge is 0.508 e. The standard InChI is InChI=1S/C13H18O3/c1-3-10(13(15)16-4-2)9-11-7-5-6-8-12(11)14/h5-8,10,14H,3-4,9H2,1-2H3. The van der Waals surface area contributed by atoms with Gasteiger partial charge in [0.25, 0.3) is 0 Å². The van der Waals surface area contributed by atoms with Crippen LogP contribution in [-0.2, 0) is 16.0 Å². The number of rotatable bonds is 5. The molecule has 1 N–H and O–H groups in total. The van der Waals surface area contributed by atoms with Gasteiger partial charge in [-0.15, -0.1) is 0 Å². The molecule has 0 aliphatic carbocycles. The second-order valence-electron chi connectivity index (χ2n) is 3.69. The molecular formula is C13H18O3. The second-order valence-corrected chi connectivity index (χ2v) is 3.69. The Labute approximate surface area is 96.1 Å². The minimum Gasteiger partial charge on any atom is -0.508 e. The fraction of sp³-hybridized carbons (Fsp3) is 0.462. The van der Waals surface area contributed by atoms with Crippen LogP contribution in [0, 0.1) is 5.92 Å². The number of benzene rings is 1. The molecule has 1 rings (SSSR count). The van der Waals surface area contributed by atoms with Gasteiger partial charge in [-0.3, -0.25) is 4.79 Å². The molecule has 0 aliphatic heterocycles. The third-order valence-electron chi connectivity index (χ3n) is 2.57. The van der Waals surface area contributed by atoms with E-state index in [-0.39, 0.29) is 17.6 Å². The number of ether oxygens (including phenoxy) is 1. The van der Waals surface area contributed by atoms with Gasteiger partial charge in [-0.05, 0) is 31.4 Å². The zero-order chi connectivity index (χ0) is 12.0. The van der Waals surface area contributed by atoms with Crippen LogP contribution in [0.1, 0.15) is 25.8 Å². The van der Waals surface area contributed by atoms with Crippen LogP contribution in [0.2, 0.25) is 0 Å². The van der Waals surface area contributed by atoms with Gasteiger partial charge in [0, 0.05) is 0 Å². The average molecular weight is 222 g/mol. The monoisotopic (exact) mass is 222 g/mol. The Morgan fingerprint density at radius 1 is 1.38 bits per heavy atom. The Hall–Kier alpha value is -1.51. The number of esters is 1. The molecule has 1 unspecified atom stereocenters. The van der Waals surface area contributed by atoms with Crippen molar-refractivity contribution in [2.45, 2.75) is 26.7 Å². The molecule has 0 saturated carbocycles. The van der Waals surface area contributed by atoms with E-state index >= 15 is 0 Å². The third-order valence-corrected chi connectivity index (χ3v) is 2.57. The molecule has 0 amide bonds. The lowest BCUT2D eigenvalue weighted by atomic mass is 9.96. The lowest BCUT2D eigenvalue weighted by Crippen LogP contribution is -2.19. The Balaban J connectivity index is 2.70. The highest BCUT2D eigenvalue weighted by Crippen LogP contribution is 2.21. The van der Waals surface area contributed by atoms with Crippen molar-refractivity contribution in [3.05, 3.63) is 29.8 Å². The van der Waals surface area contributed by atoms with Gasteiger partial charge in [0.05, 0.1) is 12.5 Å². The summed E-state index contributed by atoms with van der Waals surface area (Å²) < 4.78 is 4.99. The molecule has 0 heterocycles. The van der Waals surface area contributed by atoms with Gasteiger partial charge < -0.3 is 9.84 Å². The van der Waals surface area contributed by atoms with Crippen LogP contribution >= 0.6 is 0 Å². The van der Waals surface area contributed by atoms with E-state index in [4.69, 9.17) is 4.74 Å². The fourth-order valence-electron chi connectivity index (χ4n) is 1.60. The molecule has 0 radical (unpaired) electrons. The quantitative estimate of drug-likeness (QED) is 0.779. The average Bonchev–Trinajstić information content (AvgIpc) is 2.28. The molecule has 0 bridgehead atoms. The summed E-state index contributed by atoms with van der Waals surface area (Å²) in [5, 5.41) is 9.61. The summed E-state index contributed by atoms with van der Waals surface area (Å²) in [6.07, 6.45) is 1.25. The molecule has 88 valence electrons. The maximum absolute atomic E-state index is 11.6. The van der Waals surface area contributed by atoms with E-state index in [1.807, 2.05) is 19.1 Å². The molecule has 16 heavy (non-hydrogen) atoms. The van der Waals surface area contributed by atoms with Crippen LogP contribution in [0.15, 0.2) is 24.3 Å². The van der Waals surface area contributed by atoms with Gasteiger partial charge in [-0.2, -0.15) is 0 Å². The zero-order valence-corrected chi connectivity index (χ0v) is 9.77. The highest BCUT2D eigenvalue weighted by atomic mass is 16.5. The summed E-state index contributed by atoms with van der Waals surface area (Å²) in [4.78, 5) is 11.6. The van der Waals surface area contributed by atoms with Gasteiger partial charge in [0.15, 0.2) is 0 Å². The van der Waals surface area contributed by atoms with Gasteiger partial charge in [0.1, 0.15) is 5.75 Å². The van der Waals surface area contributed by atoms with Crippen LogP contribution in [-0.4, -0.2) is 17.7 Å². The lowest BCUT2D eigenvalue weighted by molar-refractivity contribution is -0.148. The van der Waals surface area contributed by atoms with Crippen molar-refractivity contribution in [1.82, 2.24) is 0 Å². The van der Waals surface area contributed by atoms with Crippen LogP contribution in [0.4, 0.5) is 0 Å². The van der Waals surface area contributed by atoms with Crippen LogP contribution in [0.25, 0.3) is 0 Å². The topological polar surface area (TPSA) is 46.5 Å². The van der Waals surface area contributed by atoms with E-state index in [0.717, 1.165) is 5.56 Å². The van der Waals surface area contributed by atoms with Gasteiger partial charge in [-0.25, -0.2) is 0 Å². The van der Waals surface area contributed by atoms with Crippen LogP contribution in [0.5, 0.6) is 5.75 Å². The Bertz CT molecular complexity index is 347. The molecule has 0 aromatic heterocycles. The predicted octanol–water partition coefficient (Wildman–Crippen LogP) is 2.52. The number of carbonyl (C=O) groups excluding carboxylic acids is 1. The van der Waals surface area contributed by atoms with Crippen molar-refractivity contribution in [1.29, 1.82) is 0 Å². The summed E-state index contributed by atoms with van der Waals surface area (Å²) in [6, 6.07) is 7.08. The molecule has 0 fully saturated rings. The number of hydrogen-bond acceptors (Lipinski definition) is 3. The third kappa shape index (κ3) is 3.26. The molecule has 0 saturated heterocycles. The minimum absolute atomic E-state index is 0.173. The number of phenolic OH excluding ortho intramolecular Hbond substituents is 1. The first kappa shape index (κ1) is 12.6. The van der Waals surface area contributed by atoms with Crippen molar-refractivity contribution < 1.29 is 14.6 Å². The highest BCUT2D eigenvalue weighted by Gasteiger charge is 2.19. The Kier molecular flexibility index (Phi) is 4.83. The number of aromatic hydroxyl groups is 1. The summed E-state index contributed by atoms with van der Waals surface area (Å²) in [5.74, 6) is -0.119. The first-order valence-electron chi connectivity index (χ1n) is 5.62. The van der Waals surface area contributed by atoms with Crippen molar-refractivity contribution >= 4 is 5.97 Å². The van der Waals surface area contributed by atoms with E-state index < -0.39 is 0 Å². The molecule has 0 spiro atoms. The first-order valence-corrected chi connectivity index (χ1v) is 5.62. The fourth-order valence-corrected chi connectivity index (χ4v) is 1.60. The number of carbonyl (C=O) groups is 1.